The van der Waals surface area contributed by atoms with E-state index in [0.29, 0.717) is 0 Å². The second-order valence-corrected chi connectivity index (χ2v) is 28.8. The molecular weight excluding hydrogens is 1440 g/mol. The summed E-state index contributed by atoms with van der Waals surface area (Å²) in [5.74, 6) is -1.69. The van der Waals surface area contributed by atoms with Crippen molar-refractivity contribution in [1.29, 1.82) is 0 Å². The number of aromatic nitrogens is 16. The number of imidazole rings is 4. The molecule has 98 heavy (non-hydrogen) atoms. The van der Waals surface area contributed by atoms with Crippen molar-refractivity contribution in [2.45, 2.75) is 98.2 Å². The number of hydrogen-bond donors (Lipinski definition) is 18. The number of methoxy groups -OCH3 is 1. The summed E-state index contributed by atoms with van der Waals surface area (Å²) in [6, 6.07) is 0. The van der Waals surface area contributed by atoms with E-state index in [0.717, 1.165) is 50.7 Å². The third-order valence-electron chi connectivity index (χ3n) is 15.0. The lowest BCUT2D eigenvalue weighted by atomic mass is 10.1. The van der Waals surface area contributed by atoms with Gasteiger partial charge in [-0.15, -0.1) is 0 Å². The molecule has 4 saturated heterocycles. The fourth-order valence-electron chi connectivity index (χ4n) is 10.7. The number of hydrogen-bond acceptors (Lipinski definition) is 39. The lowest BCUT2D eigenvalue weighted by molar-refractivity contribution is -0.0627. The number of phosphoric ester groups is 4. The van der Waals surface area contributed by atoms with Gasteiger partial charge in [-0.3, -0.25) is 84.5 Å². The van der Waals surface area contributed by atoms with Crippen LogP contribution in [0.25, 0.3) is 44.7 Å². The number of nitrogen functional groups attached to an aromatic ring is 4. The number of nitrogens with zero attached hydrogens (tertiary/aromatic N) is 12. The van der Waals surface area contributed by atoms with Crippen LogP contribution in [0, 0.1) is 0 Å². The number of fused-ring (bicyclic) bond motifs is 4. The highest BCUT2D eigenvalue weighted by Crippen LogP contribution is 2.68. The van der Waals surface area contributed by atoms with Crippen LogP contribution in [-0.2, 0) is 82.3 Å². The van der Waals surface area contributed by atoms with E-state index < -0.39 is 209 Å². The molecule has 4 fully saturated rings. The summed E-state index contributed by atoms with van der Waals surface area (Å²) in [6.45, 7) is -5.11. The van der Waals surface area contributed by atoms with Gasteiger partial charge in [0.2, 0.25) is 23.8 Å². The minimum Gasteiger partial charge on any atom is -0.387 e. The van der Waals surface area contributed by atoms with E-state index in [4.69, 9.17) is 69.2 Å². The first kappa shape index (κ1) is 70.7. The Morgan fingerprint density at radius 3 is 1.05 bits per heavy atom. The minimum absolute atomic E-state index is 0.194. The van der Waals surface area contributed by atoms with E-state index in [1.807, 2.05) is 0 Å². The molecule has 0 radical (unpaired) electrons. The van der Waals surface area contributed by atoms with Crippen molar-refractivity contribution in [1.82, 2.24) is 78.1 Å². The Kier molecular flexibility index (Phi) is 19.0. The summed E-state index contributed by atoms with van der Waals surface area (Å²) in [6.07, 6.45) is -26.5. The number of aromatic amines is 4. The van der Waals surface area contributed by atoms with E-state index in [1.165, 1.54) is 0 Å². The number of nitrogens with one attached hydrogen (secondary N) is 4. The predicted molar refractivity (Wildman–Crippen MR) is 312 cm³/mol. The van der Waals surface area contributed by atoms with E-state index in [-0.39, 0.29) is 45.4 Å². The van der Waals surface area contributed by atoms with Crippen molar-refractivity contribution in [2.75, 3.05) is 56.5 Å². The van der Waals surface area contributed by atoms with Crippen molar-refractivity contribution < 1.29 is 132 Å². The van der Waals surface area contributed by atoms with E-state index in [1.54, 1.807) is 0 Å². The molecule has 0 bridgehead atoms. The van der Waals surface area contributed by atoms with Gasteiger partial charge in [0.25, 0.3) is 22.2 Å². The van der Waals surface area contributed by atoms with Gasteiger partial charge >= 0.3 is 39.1 Å². The zero-order valence-corrected chi connectivity index (χ0v) is 53.2. The van der Waals surface area contributed by atoms with Crippen molar-refractivity contribution in [2.24, 2.45) is 0 Å². The van der Waals surface area contributed by atoms with Gasteiger partial charge in [-0.05, 0) is 0 Å². The molecule has 12 heterocycles. The Morgan fingerprint density at radius 2 is 0.694 bits per heavy atom. The highest BCUT2D eigenvalue weighted by molar-refractivity contribution is 7.66. The molecule has 0 spiro atoms. The number of phosphoric acid groups is 5. The zero-order valence-electron chi connectivity index (χ0n) is 48.7. The molecule has 8 aromatic rings. The van der Waals surface area contributed by atoms with Crippen LogP contribution in [0.15, 0.2) is 44.5 Å². The molecule has 0 saturated carbocycles. The first-order valence-corrected chi connectivity index (χ1v) is 34.9. The summed E-state index contributed by atoms with van der Waals surface area (Å²) in [4.78, 5) is 145. The third-order valence-corrected chi connectivity index (χ3v) is 21.2. The molecule has 0 aliphatic carbocycles. The van der Waals surface area contributed by atoms with Gasteiger partial charge in [0, 0.05) is 7.11 Å². The second kappa shape index (κ2) is 26.4. The fraction of sp³-hybridized carbons (Fsp3) is 0.512. The normalized spacial score (nSPS) is 30.7. The molecule has 21 atom stereocenters. The van der Waals surface area contributed by atoms with Crippen molar-refractivity contribution in [3.63, 3.8) is 0 Å². The largest absolute Gasteiger partial charge is 0.490 e. The van der Waals surface area contributed by atoms with Crippen molar-refractivity contribution in [3.8, 4) is 0 Å². The van der Waals surface area contributed by atoms with Crippen LogP contribution in [-0.4, -0.2) is 235 Å². The van der Waals surface area contributed by atoms with Crippen LogP contribution in [0.4, 0.5) is 23.8 Å². The van der Waals surface area contributed by atoms with Gasteiger partial charge in [-0.2, -0.15) is 28.6 Å². The molecular formula is C41H53N20O32P5. The highest BCUT2D eigenvalue weighted by Gasteiger charge is 2.55. The highest BCUT2D eigenvalue weighted by atomic mass is 31.3. The lowest BCUT2D eigenvalue weighted by Crippen LogP contribution is -2.38. The molecule has 534 valence electrons. The van der Waals surface area contributed by atoms with Crippen LogP contribution < -0.4 is 45.2 Å². The number of anilines is 4. The number of nitrogens with two attached hydrogens (primary N) is 4. The van der Waals surface area contributed by atoms with E-state index in [9.17, 15) is 92.0 Å². The Labute approximate surface area is 537 Å². The van der Waals surface area contributed by atoms with E-state index in [2.05, 4.69) is 73.0 Å². The Bertz CT molecular complexity index is 4890. The zero-order chi connectivity index (χ0) is 70.6. The number of H-pyrrole nitrogens is 4. The molecule has 22 N–H and O–H groups in total. The average molecular weight is 1490 g/mol. The van der Waals surface area contributed by atoms with E-state index >= 15 is 0 Å². The molecule has 0 amide bonds. The first-order valence-electron chi connectivity index (χ1n) is 27.5. The minimum atomic E-state index is -6.37. The average Bonchev–Trinajstić information content (AvgIpc) is 1.63. The standard InChI is InChI=1S/C41H53N20O32P5/c1-81-25-24(91-95(73,74)82-2-10-18(62)20(64)34(86-10)58-6-46-14-26(58)50-38(42)54-30(14)67)13(89-37(25)61-9-49-17-29(61)53-41(45)57-33(17)70)5-83-94(71,72)90-23-12(88-36(22(23)66)60-8-48-16-28(60)52-40(44)56-32(16)69)4-85-97(77,78)93-98(79,80)92-96(75,76)84-3-11-19(63)21(65)35(87-11)59-7-47-15-27(59)51-39(43)55-31(15)68/h6-13,18-25,34-37,62-66H,2-5H2,1H3,(H,71,72)(H,73,74)(H,75,76)(H,77,78)(H,79,80)(H3,42,50,54,67)(H3,43,51,55,68)(H3,44,52,56,69)(H3,45,53,57,70)/t10-,11+,12-,13-,18?,19?,20?,21?,22?,23?,24?,25?,34-,35+,36-,37-/m1/s1. The maximum Gasteiger partial charge on any atom is 0.490 e. The molecule has 13 unspecified atom stereocenters. The van der Waals surface area contributed by atoms with Gasteiger partial charge in [0.1, 0.15) is 73.2 Å². The topological polar surface area (TPSA) is 766 Å². The monoisotopic (exact) mass is 1490 g/mol. The first-order chi connectivity index (χ1) is 46.0. The molecule has 4 aliphatic rings. The van der Waals surface area contributed by atoms with Gasteiger partial charge < -0.3 is 96.6 Å². The number of ether oxygens (including phenoxy) is 5. The Balaban J connectivity index is 0.745. The predicted octanol–water partition coefficient (Wildman–Crippen LogP) is -6.37. The van der Waals surface area contributed by atoms with Crippen LogP contribution in [0.5, 0.6) is 0 Å². The van der Waals surface area contributed by atoms with Crippen molar-refractivity contribution >= 4 is 108 Å². The summed E-state index contributed by atoms with van der Waals surface area (Å²) >= 11 is 0. The molecule has 0 aromatic carbocycles. The summed E-state index contributed by atoms with van der Waals surface area (Å²) < 4.78 is 140. The maximum absolute atomic E-state index is 14.2. The number of aliphatic hydroxyl groups excluding tert-OH is 5. The fourth-order valence-corrected chi connectivity index (χ4v) is 16.2. The molecule has 4 aliphatic heterocycles. The molecule has 12 rings (SSSR count). The van der Waals surface area contributed by atoms with Crippen LogP contribution in [0.1, 0.15) is 24.9 Å². The smallest absolute Gasteiger partial charge is 0.387 e. The molecule has 52 nitrogen and oxygen atoms in total. The van der Waals surface area contributed by atoms with Crippen LogP contribution in [0.2, 0.25) is 0 Å². The summed E-state index contributed by atoms with van der Waals surface area (Å²) in [5.41, 5.74) is 17.0. The van der Waals surface area contributed by atoms with Gasteiger partial charge in [-0.1, -0.05) is 0 Å². The SMILES string of the molecule is COC1C(OP(=O)(O)OC[C@H]2O[C@@H](n3cnc4c(=O)[nH]c(N)nc43)C(O)C2O)[C@@H](COP(=O)(O)OC2C(O)[C@H](n3cnc4c(=O)[nH]c(N)nc43)O[C@@H]2COP(=O)(O)OP(=O)(O)OP(=O)(O)OC[C@@H]2O[C@H](n3cnc4c(=O)[nH]c(N)nc43)C(O)C2O)O[C@H]1n1cnc2c(=O)[nH]c(N)nc21. The van der Waals surface area contributed by atoms with Crippen LogP contribution >= 0.6 is 39.1 Å². The maximum atomic E-state index is 14.2. The van der Waals surface area contributed by atoms with Gasteiger partial charge in [0.05, 0.1) is 51.7 Å². The Morgan fingerprint density at radius 1 is 0.408 bits per heavy atom. The molecule has 8 aromatic heterocycles. The lowest BCUT2D eigenvalue weighted by Gasteiger charge is -2.27. The molecule has 57 heteroatoms. The summed E-state index contributed by atoms with van der Waals surface area (Å²) in [7, 11) is -29.0. The van der Waals surface area contributed by atoms with Gasteiger partial charge in [-0.25, -0.2) is 42.8 Å². The quantitative estimate of drug-likeness (QED) is 0.0237. The summed E-state index contributed by atoms with van der Waals surface area (Å²) in [5, 5.41) is 55.2. The third kappa shape index (κ3) is 14.1. The number of rotatable bonds is 25. The number of aliphatic hydroxyl groups is 5. The van der Waals surface area contributed by atoms with Crippen molar-refractivity contribution in [3.05, 3.63) is 66.7 Å². The Hall–Kier alpha value is -7.17. The second-order valence-electron chi connectivity index (χ2n) is 21.3. The van der Waals surface area contributed by atoms with Gasteiger partial charge in [0.15, 0.2) is 69.6 Å². The van der Waals surface area contributed by atoms with Crippen LogP contribution in [0.3, 0.4) is 0 Å².